The lowest BCUT2D eigenvalue weighted by atomic mass is 9.94. The molecule has 1 heterocycles. The predicted octanol–water partition coefficient (Wildman–Crippen LogP) is 6.41. The summed E-state index contributed by atoms with van der Waals surface area (Å²) in [5.74, 6) is 0. The Morgan fingerprint density at radius 2 is 1.70 bits per heavy atom. The second-order valence-electron chi connectivity index (χ2n) is 6.97. The Kier molecular flexibility index (Phi) is 5.67. The first kappa shape index (κ1) is 18.7. The van der Waals surface area contributed by atoms with Gasteiger partial charge in [-0.25, -0.2) is 4.90 Å². The zero-order valence-electron chi connectivity index (χ0n) is 15.2. The summed E-state index contributed by atoms with van der Waals surface area (Å²) in [5.41, 5.74) is 2.18. The van der Waals surface area contributed by atoms with E-state index in [0.29, 0.717) is 6.04 Å². The molecule has 1 aliphatic carbocycles. The first-order valence-electron chi connectivity index (χ1n) is 9.30. The van der Waals surface area contributed by atoms with E-state index in [-0.39, 0.29) is 0 Å². The molecule has 1 aromatic heterocycles. The number of hydrogen-bond acceptors (Lipinski definition) is 3. The third kappa shape index (κ3) is 4.13. The van der Waals surface area contributed by atoms with Gasteiger partial charge in [-0.2, -0.15) is 0 Å². The van der Waals surface area contributed by atoms with Gasteiger partial charge in [0.2, 0.25) is 0 Å². The molecule has 0 spiro atoms. The van der Waals surface area contributed by atoms with Gasteiger partial charge >= 0.3 is 5.13 Å². The molecule has 1 saturated carbocycles. The summed E-state index contributed by atoms with van der Waals surface area (Å²) >= 11 is 14.2. The molecular weight excluding hydrogens is 397 g/mol. The minimum absolute atomic E-state index is 0.469. The van der Waals surface area contributed by atoms with Crippen molar-refractivity contribution in [1.82, 2.24) is 5.10 Å². The van der Waals surface area contributed by atoms with E-state index in [0.717, 1.165) is 31.4 Å². The Labute approximate surface area is 174 Å². The van der Waals surface area contributed by atoms with Crippen molar-refractivity contribution < 1.29 is 4.68 Å². The van der Waals surface area contributed by atoms with Crippen molar-refractivity contribution in [2.45, 2.75) is 38.1 Å². The molecule has 0 aliphatic heterocycles. The number of benzene rings is 2. The smallest absolute Gasteiger partial charge is 0.214 e. The van der Waals surface area contributed by atoms with Crippen molar-refractivity contribution in [3.63, 3.8) is 0 Å². The quantitative estimate of drug-likeness (QED) is 0.455. The van der Waals surface area contributed by atoms with Crippen LogP contribution in [0.2, 0.25) is 10.0 Å². The first-order chi connectivity index (χ1) is 13.1. The Morgan fingerprint density at radius 1 is 1.00 bits per heavy atom. The molecule has 1 fully saturated rings. The van der Waals surface area contributed by atoms with E-state index in [4.69, 9.17) is 28.3 Å². The average molecular weight is 419 g/mol. The number of hydrogen-bond donors (Lipinski definition) is 0. The van der Waals surface area contributed by atoms with Crippen LogP contribution < -0.4 is 9.58 Å². The van der Waals surface area contributed by atoms with Gasteiger partial charge in [-0.15, -0.1) is 4.68 Å². The fraction of sp³-hybridized carbons (Fsp3) is 0.333. The largest absolute Gasteiger partial charge is 0.363 e. The molecule has 0 atom stereocenters. The summed E-state index contributed by atoms with van der Waals surface area (Å²) in [6.45, 7) is 0. The van der Waals surface area contributed by atoms with Gasteiger partial charge in [0, 0.05) is 21.7 Å². The number of aryl methyl sites for hydroxylation is 1. The Balaban J connectivity index is 1.78. The van der Waals surface area contributed by atoms with E-state index in [1.807, 2.05) is 42.1 Å². The van der Waals surface area contributed by atoms with Gasteiger partial charge in [0.15, 0.2) is 5.01 Å². The van der Waals surface area contributed by atoms with E-state index >= 15 is 0 Å². The molecule has 0 unspecified atom stereocenters. The number of aromatic nitrogens is 2. The van der Waals surface area contributed by atoms with E-state index in [2.05, 4.69) is 23.1 Å². The van der Waals surface area contributed by atoms with Gasteiger partial charge < -0.3 is 0 Å². The minimum Gasteiger partial charge on any atom is -0.214 e. The van der Waals surface area contributed by atoms with Crippen LogP contribution >= 0.6 is 34.5 Å². The molecular formula is C21H22Cl2N3S+. The summed E-state index contributed by atoms with van der Waals surface area (Å²) < 4.78 is 1.98. The fourth-order valence-corrected chi connectivity index (χ4v) is 5.22. The SMILES string of the molecule is C[n+]1nc(-c2cccc(Cl)c2)sc1N(c1cccc(Cl)c1)C1CCCCC1. The van der Waals surface area contributed by atoms with Gasteiger partial charge in [-0.1, -0.05) is 52.9 Å². The molecule has 0 radical (unpaired) electrons. The van der Waals surface area contributed by atoms with Crippen LogP contribution in [0.15, 0.2) is 48.5 Å². The van der Waals surface area contributed by atoms with E-state index < -0.39 is 0 Å². The van der Waals surface area contributed by atoms with E-state index in [1.54, 1.807) is 11.3 Å². The van der Waals surface area contributed by atoms with Gasteiger partial charge in [-0.3, -0.25) is 0 Å². The Bertz CT molecular complexity index is 935. The fourth-order valence-electron chi connectivity index (χ4n) is 3.74. The molecule has 3 nitrogen and oxygen atoms in total. The first-order valence-corrected chi connectivity index (χ1v) is 10.9. The van der Waals surface area contributed by atoms with Crippen LogP contribution in [0.1, 0.15) is 32.1 Å². The molecule has 3 aromatic rings. The van der Waals surface area contributed by atoms with Crippen molar-refractivity contribution in [2.75, 3.05) is 4.90 Å². The summed E-state index contributed by atoms with van der Waals surface area (Å²) in [5, 5.41) is 8.37. The van der Waals surface area contributed by atoms with Gasteiger partial charge in [0.25, 0.3) is 0 Å². The molecule has 27 heavy (non-hydrogen) atoms. The molecule has 1 aliphatic rings. The molecule has 4 rings (SSSR count). The molecule has 6 heteroatoms. The number of rotatable bonds is 4. The predicted molar refractivity (Wildman–Crippen MR) is 114 cm³/mol. The lowest BCUT2D eigenvalue weighted by Crippen LogP contribution is -2.42. The maximum Gasteiger partial charge on any atom is 0.363 e. The highest BCUT2D eigenvalue weighted by Crippen LogP contribution is 2.38. The van der Waals surface area contributed by atoms with Crippen LogP contribution in [0.3, 0.4) is 0 Å². The summed E-state index contributed by atoms with van der Waals surface area (Å²) in [6, 6.07) is 16.5. The third-order valence-electron chi connectivity index (χ3n) is 5.01. The van der Waals surface area contributed by atoms with Gasteiger partial charge in [0.1, 0.15) is 18.8 Å². The Hall–Kier alpha value is -1.62. The standard InChI is InChI=1S/C21H22Cl2N3S/c1-25-21(27-20(24-25)15-7-5-8-16(22)13-15)26(18-10-3-2-4-11-18)19-12-6-9-17(23)14-19/h5-9,12-14,18H,2-4,10-11H2,1H3/q+1. The Morgan fingerprint density at radius 3 is 2.41 bits per heavy atom. The van der Waals surface area contributed by atoms with Crippen molar-refractivity contribution in [3.8, 4) is 10.6 Å². The lowest BCUT2D eigenvalue weighted by Gasteiger charge is -2.28. The summed E-state index contributed by atoms with van der Waals surface area (Å²) in [7, 11) is 2.01. The molecule has 0 amide bonds. The maximum absolute atomic E-state index is 6.31. The highest BCUT2D eigenvalue weighted by Gasteiger charge is 2.34. The monoisotopic (exact) mass is 418 g/mol. The second kappa shape index (κ2) is 8.17. The van der Waals surface area contributed by atoms with Crippen LogP contribution in [0.25, 0.3) is 10.6 Å². The van der Waals surface area contributed by atoms with Crippen molar-refractivity contribution >= 4 is 45.4 Å². The maximum atomic E-state index is 6.31. The highest BCUT2D eigenvalue weighted by molar-refractivity contribution is 7.18. The highest BCUT2D eigenvalue weighted by atomic mass is 35.5. The topological polar surface area (TPSA) is 20.0 Å². The van der Waals surface area contributed by atoms with Crippen LogP contribution in [-0.2, 0) is 7.05 Å². The molecule has 0 saturated heterocycles. The normalized spacial score (nSPS) is 15.1. The van der Waals surface area contributed by atoms with Crippen molar-refractivity contribution in [3.05, 3.63) is 58.6 Å². The minimum atomic E-state index is 0.469. The molecule has 140 valence electrons. The van der Waals surface area contributed by atoms with Gasteiger partial charge in [0.05, 0.1) is 0 Å². The van der Waals surface area contributed by atoms with Crippen LogP contribution in [-0.4, -0.2) is 11.1 Å². The van der Waals surface area contributed by atoms with Gasteiger partial charge in [-0.05, 0) is 61.3 Å². The van der Waals surface area contributed by atoms with E-state index in [9.17, 15) is 0 Å². The number of nitrogens with zero attached hydrogens (tertiary/aromatic N) is 3. The zero-order chi connectivity index (χ0) is 18.8. The van der Waals surface area contributed by atoms with E-state index in [1.165, 1.54) is 32.1 Å². The van der Waals surface area contributed by atoms with Crippen LogP contribution in [0.5, 0.6) is 0 Å². The number of anilines is 2. The van der Waals surface area contributed by atoms with Crippen molar-refractivity contribution in [1.29, 1.82) is 0 Å². The molecule has 0 bridgehead atoms. The average Bonchev–Trinajstić information content (AvgIpc) is 3.05. The van der Waals surface area contributed by atoms with Crippen molar-refractivity contribution in [2.24, 2.45) is 7.05 Å². The second-order valence-corrected chi connectivity index (χ2v) is 8.79. The summed E-state index contributed by atoms with van der Waals surface area (Å²) in [4.78, 5) is 2.43. The third-order valence-corrected chi connectivity index (χ3v) is 6.63. The number of halogens is 2. The van der Waals surface area contributed by atoms with Crippen LogP contribution in [0.4, 0.5) is 10.8 Å². The summed E-state index contributed by atoms with van der Waals surface area (Å²) in [6.07, 6.45) is 6.24. The molecule has 2 aromatic carbocycles. The zero-order valence-corrected chi connectivity index (χ0v) is 17.6. The molecule has 0 N–H and O–H groups in total. The van der Waals surface area contributed by atoms with Crippen LogP contribution in [0, 0.1) is 0 Å². The lowest BCUT2D eigenvalue weighted by molar-refractivity contribution is -0.713.